The molecule has 7 nitrogen and oxygen atoms in total. The molecule has 2 aromatic heterocycles. The standard InChI is InChI=1S/C23H24ClF2N5O2/c1-12-17(14-6-5-7-15(24)9-14)30-22(29-12)31-20(32)16-8-13(10-27-18(16)19(25)26)11-28-21(33)23(2,3)4/h5-10,19H,11H2,1-4H3,(H,28,33)(H2,29,30,31,32). The van der Waals surface area contributed by atoms with E-state index in [2.05, 4.69) is 25.6 Å². The zero-order valence-corrected chi connectivity index (χ0v) is 19.3. The molecule has 0 saturated carbocycles. The number of rotatable bonds is 6. The van der Waals surface area contributed by atoms with Crippen LogP contribution in [0.4, 0.5) is 14.7 Å². The molecular weight excluding hydrogens is 452 g/mol. The molecule has 33 heavy (non-hydrogen) atoms. The molecule has 3 rings (SSSR count). The van der Waals surface area contributed by atoms with E-state index in [4.69, 9.17) is 11.6 Å². The monoisotopic (exact) mass is 475 g/mol. The fraction of sp³-hybridized carbons (Fsp3) is 0.304. The van der Waals surface area contributed by atoms with Crippen molar-refractivity contribution in [1.82, 2.24) is 20.3 Å². The first-order valence-electron chi connectivity index (χ1n) is 10.1. The summed E-state index contributed by atoms with van der Waals surface area (Å²) in [5, 5.41) is 5.76. The van der Waals surface area contributed by atoms with E-state index in [1.54, 1.807) is 45.9 Å². The maximum absolute atomic E-state index is 13.5. The van der Waals surface area contributed by atoms with Gasteiger partial charge in [0.15, 0.2) is 0 Å². The summed E-state index contributed by atoms with van der Waals surface area (Å²) < 4.78 is 27.0. The van der Waals surface area contributed by atoms with Gasteiger partial charge in [-0.2, -0.15) is 0 Å². The van der Waals surface area contributed by atoms with Crippen LogP contribution in [0.2, 0.25) is 5.02 Å². The molecule has 3 aromatic rings. The van der Waals surface area contributed by atoms with Crippen molar-refractivity contribution in [1.29, 1.82) is 0 Å². The minimum atomic E-state index is -2.95. The predicted octanol–water partition coefficient (Wildman–Crippen LogP) is 5.29. The molecular formula is C23H24ClF2N5O2. The van der Waals surface area contributed by atoms with Gasteiger partial charge in [0.05, 0.1) is 11.3 Å². The molecule has 0 aliphatic rings. The molecule has 2 amide bonds. The summed E-state index contributed by atoms with van der Waals surface area (Å²) in [6, 6.07) is 8.33. The number of carbonyl (C=O) groups excluding carboxylic acids is 2. The van der Waals surface area contributed by atoms with Gasteiger partial charge in [0.25, 0.3) is 12.3 Å². The Morgan fingerprint density at radius 3 is 2.58 bits per heavy atom. The number of H-pyrrole nitrogens is 1. The number of aromatic nitrogens is 3. The Morgan fingerprint density at radius 1 is 1.21 bits per heavy atom. The summed E-state index contributed by atoms with van der Waals surface area (Å²) in [5.74, 6) is -0.918. The maximum atomic E-state index is 13.5. The zero-order chi connectivity index (χ0) is 24.3. The number of nitrogens with zero attached hydrogens (tertiary/aromatic N) is 2. The first kappa shape index (κ1) is 24.3. The second kappa shape index (κ2) is 9.66. The summed E-state index contributed by atoms with van der Waals surface area (Å²) in [4.78, 5) is 36.0. The van der Waals surface area contributed by atoms with Crippen LogP contribution in [0, 0.1) is 12.3 Å². The molecule has 0 saturated heterocycles. The number of anilines is 1. The molecule has 0 unspecified atom stereocenters. The van der Waals surface area contributed by atoms with Crippen LogP contribution in [0.15, 0.2) is 36.5 Å². The second-order valence-corrected chi connectivity index (χ2v) is 8.97. The quantitative estimate of drug-likeness (QED) is 0.451. The number of benzene rings is 1. The number of aromatic amines is 1. The van der Waals surface area contributed by atoms with Crippen LogP contribution in [-0.4, -0.2) is 26.8 Å². The lowest BCUT2D eigenvalue weighted by atomic mass is 9.95. The van der Waals surface area contributed by atoms with Gasteiger partial charge in [-0.3, -0.25) is 19.9 Å². The minimum absolute atomic E-state index is 0.0473. The molecule has 0 fully saturated rings. The van der Waals surface area contributed by atoms with Gasteiger partial charge < -0.3 is 10.3 Å². The highest BCUT2D eigenvalue weighted by Gasteiger charge is 2.24. The van der Waals surface area contributed by atoms with Crippen molar-refractivity contribution < 1.29 is 18.4 Å². The van der Waals surface area contributed by atoms with Gasteiger partial charge in [0.2, 0.25) is 11.9 Å². The lowest BCUT2D eigenvalue weighted by Gasteiger charge is -2.18. The molecule has 0 radical (unpaired) electrons. The van der Waals surface area contributed by atoms with Crippen molar-refractivity contribution in [2.75, 3.05) is 5.32 Å². The van der Waals surface area contributed by atoms with Gasteiger partial charge >= 0.3 is 0 Å². The maximum Gasteiger partial charge on any atom is 0.281 e. The number of carbonyl (C=O) groups is 2. The Labute approximate surface area is 195 Å². The number of nitrogens with one attached hydrogen (secondary N) is 3. The van der Waals surface area contributed by atoms with E-state index in [-0.39, 0.29) is 24.0 Å². The number of aryl methyl sites for hydroxylation is 1. The third kappa shape index (κ3) is 5.92. The van der Waals surface area contributed by atoms with Crippen LogP contribution in [0.1, 0.15) is 54.5 Å². The number of hydrogen-bond acceptors (Lipinski definition) is 4. The van der Waals surface area contributed by atoms with Crippen molar-refractivity contribution >= 4 is 29.4 Å². The van der Waals surface area contributed by atoms with Crippen LogP contribution in [0.25, 0.3) is 11.3 Å². The van der Waals surface area contributed by atoms with Gasteiger partial charge in [-0.1, -0.05) is 44.5 Å². The summed E-state index contributed by atoms with van der Waals surface area (Å²) in [6.45, 7) is 7.07. The first-order valence-corrected chi connectivity index (χ1v) is 10.5. The second-order valence-electron chi connectivity index (χ2n) is 8.53. The van der Waals surface area contributed by atoms with Crippen molar-refractivity contribution in [3.63, 3.8) is 0 Å². The topological polar surface area (TPSA) is 99.8 Å². The number of amides is 2. The molecule has 3 N–H and O–H groups in total. The van der Waals surface area contributed by atoms with Crippen LogP contribution >= 0.6 is 11.6 Å². The van der Waals surface area contributed by atoms with E-state index < -0.39 is 23.4 Å². The predicted molar refractivity (Wildman–Crippen MR) is 122 cm³/mol. The molecule has 2 heterocycles. The summed E-state index contributed by atoms with van der Waals surface area (Å²) in [6.07, 6.45) is -1.74. The molecule has 1 aromatic carbocycles. The minimum Gasteiger partial charge on any atom is -0.352 e. The van der Waals surface area contributed by atoms with Crippen molar-refractivity contribution in [2.45, 2.75) is 40.7 Å². The molecule has 0 bridgehead atoms. The largest absolute Gasteiger partial charge is 0.352 e. The fourth-order valence-corrected chi connectivity index (χ4v) is 3.22. The van der Waals surface area contributed by atoms with Crippen LogP contribution in [0.3, 0.4) is 0 Å². The SMILES string of the molecule is Cc1[nH]c(NC(=O)c2cc(CNC(=O)C(C)(C)C)cnc2C(F)F)nc1-c1cccc(Cl)c1. The summed E-state index contributed by atoms with van der Waals surface area (Å²) >= 11 is 6.04. The highest BCUT2D eigenvalue weighted by molar-refractivity contribution is 6.30. The molecule has 0 aliphatic carbocycles. The van der Waals surface area contributed by atoms with E-state index in [0.717, 1.165) is 5.56 Å². The number of imidazole rings is 1. The third-order valence-electron chi connectivity index (χ3n) is 4.78. The molecule has 0 aliphatic heterocycles. The van der Waals surface area contributed by atoms with E-state index in [0.29, 0.717) is 22.0 Å². The Hall–Kier alpha value is -3.33. The number of hydrogen-bond donors (Lipinski definition) is 3. The Kier molecular flexibility index (Phi) is 7.12. The fourth-order valence-electron chi connectivity index (χ4n) is 3.03. The summed E-state index contributed by atoms with van der Waals surface area (Å²) in [5.41, 5.74) is 0.814. The first-order chi connectivity index (χ1) is 15.5. The molecule has 10 heteroatoms. The Bertz CT molecular complexity index is 1190. The molecule has 0 spiro atoms. The van der Waals surface area contributed by atoms with E-state index in [1.807, 2.05) is 6.07 Å². The third-order valence-corrected chi connectivity index (χ3v) is 5.01. The van der Waals surface area contributed by atoms with Gasteiger partial charge in [-0.05, 0) is 30.7 Å². The van der Waals surface area contributed by atoms with Gasteiger partial charge in [0, 0.05) is 34.4 Å². The van der Waals surface area contributed by atoms with Crippen molar-refractivity contribution in [3.05, 3.63) is 64.1 Å². The van der Waals surface area contributed by atoms with E-state index in [9.17, 15) is 18.4 Å². The van der Waals surface area contributed by atoms with Crippen LogP contribution in [-0.2, 0) is 11.3 Å². The Balaban J connectivity index is 1.84. The van der Waals surface area contributed by atoms with Crippen molar-refractivity contribution in [3.8, 4) is 11.3 Å². The smallest absolute Gasteiger partial charge is 0.281 e. The van der Waals surface area contributed by atoms with Gasteiger partial charge in [-0.15, -0.1) is 0 Å². The molecule has 174 valence electrons. The normalized spacial score (nSPS) is 11.5. The van der Waals surface area contributed by atoms with Crippen LogP contribution < -0.4 is 10.6 Å². The lowest BCUT2D eigenvalue weighted by molar-refractivity contribution is -0.128. The van der Waals surface area contributed by atoms with Gasteiger partial charge in [0.1, 0.15) is 5.69 Å². The highest BCUT2D eigenvalue weighted by atomic mass is 35.5. The van der Waals surface area contributed by atoms with E-state index >= 15 is 0 Å². The number of pyridine rings is 1. The zero-order valence-electron chi connectivity index (χ0n) is 18.6. The number of alkyl halides is 2. The average molecular weight is 476 g/mol. The number of halogens is 3. The summed E-state index contributed by atoms with van der Waals surface area (Å²) in [7, 11) is 0. The van der Waals surface area contributed by atoms with Crippen molar-refractivity contribution in [2.24, 2.45) is 5.41 Å². The van der Waals surface area contributed by atoms with E-state index in [1.165, 1.54) is 12.3 Å². The van der Waals surface area contributed by atoms with Crippen LogP contribution in [0.5, 0.6) is 0 Å². The Morgan fingerprint density at radius 2 is 1.94 bits per heavy atom. The van der Waals surface area contributed by atoms with Gasteiger partial charge in [-0.25, -0.2) is 13.8 Å². The lowest BCUT2D eigenvalue weighted by Crippen LogP contribution is -2.34. The molecule has 0 atom stereocenters. The average Bonchev–Trinajstić information content (AvgIpc) is 3.10. The highest BCUT2D eigenvalue weighted by Crippen LogP contribution is 2.26.